The number of aryl methyl sites for hydroxylation is 1. The van der Waals surface area contributed by atoms with Gasteiger partial charge in [0.2, 0.25) is 0 Å². The molecule has 182 valence electrons. The molecule has 0 bridgehead atoms. The fourth-order valence-electron chi connectivity index (χ4n) is 5.32. The van der Waals surface area contributed by atoms with Crippen molar-refractivity contribution in [2.75, 3.05) is 20.3 Å². The number of pyridine rings is 1. The van der Waals surface area contributed by atoms with Crippen LogP contribution in [0.15, 0.2) is 54.7 Å². The largest absolute Gasteiger partial charge is 0.465 e. The summed E-state index contributed by atoms with van der Waals surface area (Å²) >= 11 is 5.84. The van der Waals surface area contributed by atoms with Crippen LogP contribution in [0, 0.1) is 13.8 Å². The molecule has 0 aliphatic carbocycles. The Kier molecular flexibility index (Phi) is 6.58. The maximum atomic E-state index is 12.1. The highest BCUT2D eigenvalue weighted by atomic mass is 32.1. The van der Waals surface area contributed by atoms with E-state index in [0.29, 0.717) is 5.56 Å². The third-order valence-corrected chi connectivity index (χ3v) is 7.29. The van der Waals surface area contributed by atoms with Crippen molar-refractivity contribution in [1.29, 1.82) is 0 Å². The van der Waals surface area contributed by atoms with Crippen LogP contribution in [0.1, 0.15) is 57.9 Å². The predicted octanol–water partition coefficient (Wildman–Crippen LogP) is 4.43. The molecule has 1 N–H and O–H groups in total. The zero-order valence-electron chi connectivity index (χ0n) is 20.2. The third kappa shape index (κ3) is 4.44. The van der Waals surface area contributed by atoms with Crippen LogP contribution >= 0.6 is 12.2 Å². The van der Waals surface area contributed by atoms with Gasteiger partial charge in [-0.05, 0) is 80.9 Å². The lowest BCUT2D eigenvalue weighted by Gasteiger charge is -2.30. The fourth-order valence-corrected chi connectivity index (χ4v) is 5.64. The molecule has 3 atom stereocenters. The van der Waals surface area contributed by atoms with E-state index in [-0.39, 0.29) is 24.2 Å². The van der Waals surface area contributed by atoms with Crippen molar-refractivity contribution in [2.45, 2.75) is 44.9 Å². The molecule has 2 aromatic heterocycles. The average molecular weight is 491 g/mol. The molecule has 2 saturated heterocycles. The Hall–Kier alpha value is -3.23. The lowest BCUT2D eigenvalue weighted by molar-refractivity contribution is 0.0600. The minimum atomic E-state index is -0.349. The summed E-state index contributed by atoms with van der Waals surface area (Å²) in [4.78, 5) is 19.1. The standard InChI is InChI=1S/C27H30N4O3S/c1-17-14-22(18(2)31(17)20-9-6-8-19(15-20)26(32)33-3)25-24(23-11-4-5-12-28-23)29-27(35)30(25)16-21-10-7-13-34-21/h4-6,8-9,11-12,14-15,21,24-25H,7,10,13,16H2,1-3H3,(H,29,35)/t21-,24+,25-/m1/s1. The maximum Gasteiger partial charge on any atom is 0.337 e. The summed E-state index contributed by atoms with van der Waals surface area (Å²) in [7, 11) is 1.40. The van der Waals surface area contributed by atoms with Crippen molar-refractivity contribution in [3.63, 3.8) is 0 Å². The number of hydrogen-bond acceptors (Lipinski definition) is 5. The Morgan fingerprint density at radius 3 is 2.80 bits per heavy atom. The van der Waals surface area contributed by atoms with Gasteiger partial charge in [0.1, 0.15) is 0 Å². The van der Waals surface area contributed by atoms with Crippen LogP contribution in [-0.4, -0.2) is 51.9 Å². The molecular weight excluding hydrogens is 460 g/mol. The first-order chi connectivity index (χ1) is 17.0. The molecule has 5 rings (SSSR count). The molecule has 2 aliphatic heterocycles. The smallest absolute Gasteiger partial charge is 0.337 e. The van der Waals surface area contributed by atoms with E-state index in [2.05, 4.69) is 39.7 Å². The van der Waals surface area contributed by atoms with Gasteiger partial charge >= 0.3 is 5.97 Å². The lowest BCUT2D eigenvalue weighted by atomic mass is 9.96. The highest BCUT2D eigenvalue weighted by molar-refractivity contribution is 7.80. The number of nitrogens with zero attached hydrogens (tertiary/aromatic N) is 3. The third-order valence-electron chi connectivity index (χ3n) is 6.94. The number of benzene rings is 1. The van der Waals surface area contributed by atoms with Crippen molar-refractivity contribution >= 4 is 23.3 Å². The highest BCUT2D eigenvalue weighted by Crippen LogP contribution is 2.42. The van der Waals surface area contributed by atoms with Gasteiger partial charge in [-0.1, -0.05) is 12.1 Å². The van der Waals surface area contributed by atoms with E-state index in [1.807, 2.05) is 42.6 Å². The Balaban J connectivity index is 1.58. The van der Waals surface area contributed by atoms with Crippen LogP contribution < -0.4 is 5.32 Å². The Bertz CT molecular complexity index is 1240. The van der Waals surface area contributed by atoms with Crippen LogP contribution in [0.2, 0.25) is 0 Å². The van der Waals surface area contributed by atoms with Crippen molar-refractivity contribution < 1.29 is 14.3 Å². The monoisotopic (exact) mass is 490 g/mol. The van der Waals surface area contributed by atoms with Gasteiger partial charge in [-0.15, -0.1) is 0 Å². The van der Waals surface area contributed by atoms with Crippen molar-refractivity contribution in [1.82, 2.24) is 19.8 Å². The zero-order valence-corrected chi connectivity index (χ0v) is 21.0. The first-order valence-corrected chi connectivity index (χ1v) is 12.4. The molecule has 2 fully saturated rings. The zero-order chi connectivity index (χ0) is 24.5. The lowest BCUT2D eigenvalue weighted by Crippen LogP contribution is -2.36. The number of esters is 1. The quantitative estimate of drug-likeness (QED) is 0.405. The molecule has 0 amide bonds. The van der Waals surface area contributed by atoms with Gasteiger partial charge < -0.3 is 24.3 Å². The van der Waals surface area contributed by atoms with Gasteiger partial charge in [0, 0.05) is 36.4 Å². The van der Waals surface area contributed by atoms with E-state index >= 15 is 0 Å². The van der Waals surface area contributed by atoms with E-state index in [1.165, 1.54) is 12.7 Å². The molecule has 0 unspecified atom stereocenters. The molecule has 7 nitrogen and oxygen atoms in total. The number of rotatable bonds is 6. The summed E-state index contributed by atoms with van der Waals surface area (Å²) < 4.78 is 13.1. The SMILES string of the molecule is COC(=O)c1cccc(-n2c(C)cc([C@@H]3[C@H](c4ccccn4)NC(=S)N3C[C@H]3CCCO3)c2C)c1. The number of nitrogens with one attached hydrogen (secondary N) is 1. The summed E-state index contributed by atoms with van der Waals surface area (Å²) in [6.45, 7) is 5.75. The van der Waals surface area contributed by atoms with Crippen LogP contribution in [-0.2, 0) is 9.47 Å². The Labute approximate surface area is 211 Å². The van der Waals surface area contributed by atoms with Crippen LogP contribution in [0.5, 0.6) is 0 Å². The summed E-state index contributed by atoms with van der Waals surface area (Å²) in [5, 5.41) is 4.26. The molecule has 3 aromatic rings. The van der Waals surface area contributed by atoms with Gasteiger partial charge in [0.15, 0.2) is 5.11 Å². The second-order valence-electron chi connectivity index (χ2n) is 9.12. The van der Waals surface area contributed by atoms with Gasteiger partial charge in [0.05, 0.1) is 36.6 Å². The predicted molar refractivity (Wildman–Crippen MR) is 138 cm³/mol. The van der Waals surface area contributed by atoms with E-state index < -0.39 is 0 Å². The summed E-state index contributed by atoms with van der Waals surface area (Å²) in [6.07, 6.45) is 4.11. The molecule has 2 aliphatic rings. The van der Waals surface area contributed by atoms with Crippen LogP contribution in [0.3, 0.4) is 0 Å². The summed E-state index contributed by atoms with van der Waals surface area (Å²) in [5.74, 6) is -0.349. The van der Waals surface area contributed by atoms with Crippen molar-refractivity contribution in [3.05, 3.63) is 82.9 Å². The molecule has 0 radical (unpaired) electrons. The first-order valence-electron chi connectivity index (χ1n) is 11.9. The molecule has 0 saturated carbocycles. The molecule has 0 spiro atoms. The van der Waals surface area contributed by atoms with E-state index in [0.717, 1.165) is 53.9 Å². The number of carbonyl (C=O) groups is 1. The van der Waals surface area contributed by atoms with E-state index in [9.17, 15) is 4.79 Å². The fraction of sp³-hybridized carbons (Fsp3) is 0.370. The van der Waals surface area contributed by atoms with E-state index in [1.54, 1.807) is 6.07 Å². The average Bonchev–Trinajstić information content (AvgIpc) is 3.58. The van der Waals surface area contributed by atoms with Gasteiger partial charge in [-0.3, -0.25) is 4.98 Å². The second kappa shape index (κ2) is 9.79. The minimum absolute atomic E-state index is 0.0367. The van der Waals surface area contributed by atoms with Gasteiger partial charge in [-0.25, -0.2) is 4.79 Å². The van der Waals surface area contributed by atoms with Crippen molar-refractivity contribution in [3.8, 4) is 5.69 Å². The van der Waals surface area contributed by atoms with Crippen molar-refractivity contribution in [2.24, 2.45) is 0 Å². The maximum absolute atomic E-state index is 12.1. The van der Waals surface area contributed by atoms with Crippen LogP contribution in [0.4, 0.5) is 0 Å². The number of methoxy groups -OCH3 is 1. The second-order valence-corrected chi connectivity index (χ2v) is 9.50. The van der Waals surface area contributed by atoms with E-state index in [4.69, 9.17) is 21.7 Å². The number of thiocarbonyl (C=S) groups is 1. The topological polar surface area (TPSA) is 68.6 Å². The van der Waals surface area contributed by atoms with Gasteiger partial charge in [-0.2, -0.15) is 0 Å². The molecule has 35 heavy (non-hydrogen) atoms. The minimum Gasteiger partial charge on any atom is -0.465 e. The summed E-state index contributed by atoms with van der Waals surface area (Å²) in [6, 6.07) is 15.6. The Morgan fingerprint density at radius 1 is 1.23 bits per heavy atom. The molecular formula is C27H30N4O3S. The van der Waals surface area contributed by atoms with Crippen LogP contribution in [0.25, 0.3) is 5.69 Å². The number of aromatic nitrogens is 2. The number of carbonyl (C=O) groups excluding carboxylic acids is 1. The molecule has 4 heterocycles. The van der Waals surface area contributed by atoms with Gasteiger partial charge in [0.25, 0.3) is 0 Å². The number of ether oxygens (including phenoxy) is 2. The Morgan fingerprint density at radius 2 is 2.09 bits per heavy atom. The normalized spacial score (nSPS) is 21.9. The highest BCUT2D eigenvalue weighted by Gasteiger charge is 2.42. The molecule has 1 aromatic carbocycles. The first kappa shape index (κ1) is 23.5. The summed E-state index contributed by atoms with van der Waals surface area (Å²) in [5.41, 5.74) is 5.74. The molecule has 8 heteroatoms. The number of hydrogen-bond donors (Lipinski definition) is 1.